The van der Waals surface area contributed by atoms with E-state index in [4.69, 9.17) is 15.9 Å². The molecule has 2 N–H and O–H groups in total. The summed E-state index contributed by atoms with van der Waals surface area (Å²) in [5.41, 5.74) is 0. The molecular formula is H7AlCrO4Sr. The van der Waals surface area contributed by atoms with Crippen LogP contribution in [0.4, 0.5) is 0 Å². The van der Waals surface area contributed by atoms with Crippen LogP contribution in [0.2, 0.25) is 0 Å². The molecule has 0 unspecified atom stereocenters. The maximum atomic E-state index is 8.82. The van der Waals surface area contributed by atoms with Crippen LogP contribution < -0.4 is 0 Å². The van der Waals surface area contributed by atoms with Crippen molar-refractivity contribution in [2.75, 3.05) is 0 Å². The Labute approximate surface area is 90.7 Å². The van der Waals surface area contributed by atoms with E-state index in [-0.39, 0.29) is 62.8 Å². The van der Waals surface area contributed by atoms with Crippen molar-refractivity contribution in [3.63, 3.8) is 0 Å². The number of hydrogen-bond acceptors (Lipinski definition) is 2. The predicted octanol–water partition coefficient (Wildman–Crippen LogP) is -3.45. The number of hydrogen-bond donors (Lipinski definition) is 2. The summed E-state index contributed by atoms with van der Waals surface area (Å²) < 4.78 is 31.9. The molecule has 0 rings (SSSR count). The molecule has 0 aliphatic heterocycles. The molecule has 4 nitrogen and oxygen atoms in total. The first kappa shape index (κ1) is 16.0. The average Bonchev–Trinajstić information content (AvgIpc) is 0.722. The van der Waals surface area contributed by atoms with E-state index in [1.165, 1.54) is 0 Å². The van der Waals surface area contributed by atoms with E-state index in [0.29, 0.717) is 0 Å². The topological polar surface area (TPSA) is 74.6 Å². The molecule has 0 saturated heterocycles. The third-order valence-electron chi connectivity index (χ3n) is 0. The van der Waals surface area contributed by atoms with E-state index in [9.17, 15) is 0 Å². The fraction of sp³-hybridized carbons (Fsp3) is 0. The average molecular weight is 238 g/mol. The third kappa shape index (κ3) is 69.6. The fourth-order valence-corrected chi connectivity index (χ4v) is 0. The molecule has 0 heterocycles. The fourth-order valence-electron chi connectivity index (χ4n) is 0. The molecule has 0 aliphatic carbocycles. The Morgan fingerprint density at radius 2 is 1.14 bits per heavy atom. The van der Waals surface area contributed by atoms with Gasteiger partial charge in [0.15, 0.2) is 17.4 Å². The van der Waals surface area contributed by atoms with Gasteiger partial charge in [0.2, 0.25) is 0 Å². The van der Waals surface area contributed by atoms with Gasteiger partial charge in [-0.3, -0.25) is 0 Å². The quantitative estimate of drug-likeness (QED) is 0.430. The van der Waals surface area contributed by atoms with E-state index in [2.05, 4.69) is 0 Å². The Bertz CT molecular complexity index is 94.9. The summed E-state index contributed by atoms with van der Waals surface area (Å²) >= 11 is -5.25. The Hall–Kier alpha value is 2.07. The van der Waals surface area contributed by atoms with Crippen LogP contribution in [0.25, 0.3) is 0 Å². The van der Waals surface area contributed by atoms with Crippen LogP contribution in [0.15, 0.2) is 0 Å². The molecular weight excluding hydrogens is 231 g/mol. The minimum absolute atomic E-state index is 0. The monoisotopic (exact) mass is 238 g/mol. The zero-order chi connectivity index (χ0) is 4.50. The van der Waals surface area contributed by atoms with Crippen LogP contribution in [0.5, 0.6) is 0 Å². The Balaban J connectivity index is -0.0000000800. The van der Waals surface area contributed by atoms with Gasteiger partial charge in [-0.25, -0.2) is 0 Å². The van der Waals surface area contributed by atoms with Crippen molar-refractivity contribution in [2.45, 2.75) is 0 Å². The second kappa shape index (κ2) is 6.19. The van der Waals surface area contributed by atoms with Gasteiger partial charge in [0.1, 0.15) is 0 Å². The molecule has 0 spiro atoms. The molecule has 7 heavy (non-hydrogen) atoms. The first-order valence-corrected chi connectivity index (χ1v) is 2.88. The normalized spacial score (nSPS) is 8.29. The second-order valence-electron chi connectivity index (χ2n) is 0.448. The van der Waals surface area contributed by atoms with Crippen molar-refractivity contribution in [2.24, 2.45) is 0 Å². The van der Waals surface area contributed by atoms with E-state index in [0.717, 1.165) is 0 Å². The van der Waals surface area contributed by atoms with E-state index in [1.807, 2.05) is 0 Å². The van der Waals surface area contributed by atoms with Gasteiger partial charge < -0.3 is 0 Å². The molecule has 0 aromatic rings. The third-order valence-corrected chi connectivity index (χ3v) is 0. The molecule has 0 aliphatic rings. The molecule has 0 radical (unpaired) electrons. The van der Waals surface area contributed by atoms with Gasteiger partial charge in [-0.2, -0.15) is 0 Å². The Kier molecular flexibility index (Phi) is 14.2. The molecule has 0 saturated carbocycles. The van der Waals surface area contributed by atoms with Gasteiger partial charge in [0, 0.05) is 0 Å². The summed E-state index contributed by atoms with van der Waals surface area (Å²) in [6.07, 6.45) is 0. The van der Waals surface area contributed by atoms with Crippen molar-refractivity contribution in [1.29, 1.82) is 0 Å². The van der Waals surface area contributed by atoms with Crippen LogP contribution in [-0.4, -0.2) is 71.2 Å². The van der Waals surface area contributed by atoms with Crippen molar-refractivity contribution in [1.82, 2.24) is 0 Å². The van der Waals surface area contributed by atoms with Crippen LogP contribution in [0.3, 0.4) is 0 Å². The van der Waals surface area contributed by atoms with Gasteiger partial charge in [0.05, 0.1) is 0 Å². The van der Waals surface area contributed by atoms with Gasteiger partial charge in [-0.15, -0.1) is 0 Å². The summed E-state index contributed by atoms with van der Waals surface area (Å²) in [7, 11) is 0. The van der Waals surface area contributed by atoms with Crippen LogP contribution in [-0.2, 0) is 21.2 Å². The van der Waals surface area contributed by atoms with E-state index >= 15 is 0 Å². The molecule has 0 bridgehead atoms. The SMILES string of the molecule is [AlH3].[O]=[Cr](=[O])([OH])[OH].[SrH2]. The van der Waals surface area contributed by atoms with Crippen molar-refractivity contribution >= 4 is 62.8 Å². The van der Waals surface area contributed by atoms with Crippen LogP contribution in [0.1, 0.15) is 0 Å². The van der Waals surface area contributed by atoms with Gasteiger partial charge >= 0.3 is 75.0 Å². The zero-order valence-corrected chi connectivity index (χ0v) is 3.39. The Morgan fingerprint density at radius 1 is 1.14 bits per heavy atom. The summed E-state index contributed by atoms with van der Waals surface area (Å²) in [6.45, 7) is 0. The molecule has 7 heteroatoms. The summed E-state index contributed by atoms with van der Waals surface area (Å²) in [6, 6.07) is 0. The van der Waals surface area contributed by atoms with Crippen LogP contribution in [0, 0.1) is 0 Å². The molecule has 0 aromatic carbocycles. The van der Waals surface area contributed by atoms with E-state index in [1.54, 1.807) is 0 Å². The first-order chi connectivity index (χ1) is 2.00. The molecule has 0 fully saturated rings. The zero-order valence-electron chi connectivity index (χ0n) is 2.12. The van der Waals surface area contributed by atoms with Crippen molar-refractivity contribution in [3.8, 4) is 0 Å². The maximum absolute atomic E-state index is 8.82. The second-order valence-corrected chi connectivity index (χ2v) is 1.85. The standard InChI is InChI=1S/Al.Cr.2H2O.2O.Sr.5H/h;;2*1H2;;;;;;;;/q;+2;;;;;;;;;;/p-2. The van der Waals surface area contributed by atoms with Crippen LogP contribution >= 0.6 is 0 Å². The van der Waals surface area contributed by atoms with E-state index < -0.39 is 13.6 Å². The van der Waals surface area contributed by atoms with Crippen molar-refractivity contribution in [3.05, 3.63) is 0 Å². The number of rotatable bonds is 0. The predicted molar refractivity (Wildman–Crippen MR) is 24.3 cm³/mol. The summed E-state index contributed by atoms with van der Waals surface area (Å²) in [5, 5.41) is 0. The molecule has 42 valence electrons. The molecule has 0 atom stereocenters. The van der Waals surface area contributed by atoms with Gasteiger partial charge in [-0.05, 0) is 0 Å². The van der Waals surface area contributed by atoms with Gasteiger partial charge in [0.25, 0.3) is 0 Å². The minimum atomic E-state index is -5.25. The molecule has 0 amide bonds. The van der Waals surface area contributed by atoms with Crippen molar-refractivity contribution < 1.29 is 29.5 Å². The molecule has 0 aromatic heterocycles. The van der Waals surface area contributed by atoms with Gasteiger partial charge in [-0.1, -0.05) is 0 Å². The first-order valence-electron chi connectivity index (χ1n) is 0.698. The summed E-state index contributed by atoms with van der Waals surface area (Å²) in [4.78, 5) is 0. The summed E-state index contributed by atoms with van der Waals surface area (Å²) in [5.74, 6) is 0. The Morgan fingerprint density at radius 3 is 1.14 bits per heavy atom.